The van der Waals surface area contributed by atoms with Crippen molar-refractivity contribution in [3.05, 3.63) is 29.3 Å². The van der Waals surface area contributed by atoms with Gasteiger partial charge in [-0.3, -0.25) is 14.6 Å². The lowest BCUT2D eigenvalue weighted by Crippen LogP contribution is -2.46. The number of halogens is 1. The normalized spacial score (nSPS) is 20.8. The number of rotatable bonds is 4. The lowest BCUT2D eigenvalue weighted by atomic mass is 10.0. The van der Waals surface area contributed by atoms with Crippen LogP contribution >= 0.6 is 11.6 Å². The number of hydrogen-bond donors (Lipinski definition) is 0. The quantitative estimate of drug-likeness (QED) is 0.804. The number of likely N-dealkylation sites (N-methyl/N-ethyl adjacent to an activating group) is 1. The maximum absolute atomic E-state index is 12.0. The number of hydrogen-bond acceptors (Lipinski definition) is 4. The van der Waals surface area contributed by atoms with E-state index in [0.717, 1.165) is 56.4 Å². The van der Waals surface area contributed by atoms with Crippen LogP contribution in [0.25, 0.3) is 0 Å². The third-order valence-corrected chi connectivity index (χ3v) is 5.97. The molecular formula is C20H31ClN4O. The van der Waals surface area contributed by atoms with Gasteiger partial charge >= 0.3 is 0 Å². The van der Waals surface area contributed by atoms with Gasteiger partial charge in [-0.15, -0.1) is 0 Å². The van der Waals surface area contributed by atoms with E-state index in [-0.39, 0.29) is 5.91 Å². The van der Waals surface area contributed by atoms with Crippen LogP contribution in [0.2, 0.25) is 5.02 Å². The van der Waals surface area contributed by atoms with Gasteiger partial charge in [-0.25, -0.2) is 0 Å². The fourth-order valence-electron chi connectivity index (χ4n) is 4.03. The number of amides is 1. The molecule has 0 unspecified atom stereocenters. The van der Waals surface area contributed by atoms with E-state index < -0.39 is 0 Å². The standard InChI is InChI=1S/C20H31ClN4O/c1-22(2)20(26)16-23-10-5-11-24(15-14-23)17-8-12-25(13-9-17)19-7-4-3-6-18(19)21/h3-4,6-7,17H,5,8-16H2,1-2H3. The highest BCUT2D eigenvalue weighted by Crippen LogP contribution is 2.29. The van der Waals surface area contributed by atoms with Crippen molar-refractivity contribution in [2.24, 2.45) is 0 Å². The van der Waals surface area contributed by atoms with Gasteiger partial charge in [0.15, 0.2) is 0 Å². The maximum Gasteiger partial charge on any atom is 0.236 e. The van der Waals surface area contributed by atoms with Crippen molar-refractivity contribution in [3.63, 3.8) is 0 Å². The molecule has 2 fully saturated rings. The third-order valence-electron chi connectivity index (χ3n) is 5.65. The summed E-state index contributed by atoms with van der Waals surface area (Å²) in [6.45, 7) is 6.90. The van der Waals surface area contributed by atoms with Crippen molar-refractivity contribution in [1.82, 2.24) is 14.7 Å². The van der Waals surface area contributed by atoms with Gasteiger partial charge in [-0.2, -0.15) is 0 Å². The Morgan fingerprint density at radius 2 is 1.81 bits per heavy atom. The molecule has 0 bridgehead atoms. The Hall–Kier alpha value is -1.30. The molecule has 1 amide bonds. The number of piperidine rings is 1. The first-order chi connectivity index (χ1) is 12.5. The Balaban J connectivity index is 1.49. The first-order valence-electron chi connectivity index (χ1n) is 9.70. The Morgan fingerprint density at radius 1 is 1.08 bits per heavy atom. The van der Waals surface area contributed by atoms with Gasteiger partial charge in [0.1, 0.15) is 0 Å². The molecule has 26 heavy (non-hydrogen) atoms. The van der Waals surface area contributed by atoms with E-state index in [1.165, 1.54) is 12.8 Å². The summed E-state index contributed by atoms with van der Waals surface area (Å²) in [6.07, 6.45) is 3.51. The zero-order valence-corrected chi connectivity index (χ0v) is 16.8. The second-order valence-corrected chi connectivity index (χ2v) is 8.03. The molecule has 0 N–H and O–H groups in total. The smallest absolute Gasteiger partial charge is 0.236 e. The molecule has 3 rings (SSSR count). The van der Waals surface area contributed by atoms with Crippen molar-refractivity contribution in [1.29, 1.82) is 0 Å². The lowest BCUT2D eigenvalue weighted by molar-refractivity contribution is -0.129. The molecule has 2 heterocycles. The fraction of sp³-hybridized carbons (Fsp3) is 0.650. The van der Waals surface area contributed by atoms with E-state index >= 15 is 0 Å². The molecule has 2 aliphatic heterocycles. The molecule has 2 aliphatic rings. The molecule has 2 saturated heterocycles. The van der Waals surface area contributed by atoms with E-state index in [9.17, 15) is 4.79 Å². The van der Waals surface area contributed by atoms with Gasteiger partial charge < -0.3 is 9.80 Å². The van der Waals surface area contributed by atoms with E-state index in [2.05, 4.69) is 26.8 Å². The Bertz CT molecular complexity index is 601. The van der Waals surface area contributed by atoms with Crippen molar-refractivity contribution in [2.75, 3.05) is 64.8 Å². The number of carbonyl (C=O) groups excluding carboxylic acids is 1. The molecule has 6 heteroatoms. The predicted molar refractivity (Wildman–Crippen MR) is 108 cm³/mol. The second kappa shape index (κ2) is 9.07. The number of nitrogens with zero attached hydrogens (tertiary/aromatic N) is 4. The number of para-hydroxylation sites is 1. The summed E-state index contributed by atoms with van der Waals surface area (Å²) < 4.78 is 0. The van der Waals surface area contributed by atoms with Crippen molar-refractivity contribution in [3.8, 4) is 0 Å². The van der Waals surface area contributed by atoms with Crippen molar-refractivity contribution >= 4 is 23.2 Å². The van der Waals surface area contributed by atoms with E-state index in [1.807, 2.05) is 26.2 Å². The van der Waals surface area contributed by atoms with Crippen LogP contribution in [0.15, 0.2) is 24.3 Å². The molecule has 5 nitrogen and oxygen atoms in total. The van der Waals surface area contributed by atoms with Crippen LogP contribution in [0.3, 0.4) is 0 Å². The van der Waals surface area contributed by atoms with Crippen LogP contribution in [-0.4, -0.2) is 86.6 Å². The molecule has 0 spiro atoms. The number of anilines is 1. The van der Waals surface area contributed by atoms with Crippen LogP contribution < -0.4 is 4.90 Å². The summed E-state index contributed by atoms with van der Waals surface area (Å²) in [5, 5.41) is 0.849. The first kappa shape index (κ1) is 19.5. The maximum atomic E-state index is 12.0. The highest BCUT2D eigenvalue weighted by Gasteiger charge is 2.27. The van der Waals surface area contributed by atoms with Crippen LogP contribution in [0, 0.1) is 0 Å². The summed E-state index contributed by atoms with van der Waals surface area (Å²) >= 11 is 6.36. The highest BCUT2D eigenvalue weighted by atomic mass is 35.5. The SMILES string of the molecule is CN(C)C(=O)CN1CCCN(C2CCN(c3ccccc3Cl)CC2)CC1. The van der Waals surface area contributed by atoms with Gasteiger partial charge in [0.05, 0.1) is 17.3 Å². The number of benzene rings is 1. The summed E-state index contributed by atoms with van der Waals surface area (Å²) in [7, 11) is 3.67. The van der Waals surface area contributed by atoms with E-state index in [1.54, 1.807) is 4.90 Å². The lowest BCUT2D eigenvalue weighted by Gasteiger charge is -2.39. The van der Waals surface area contributed by atoms with Gasteiger partial charge in [0, 0.05) is 46.3 Å². The molecule has 0 saturated carbocycles. The van der Waals surface area contributed by atoms with Crippen LogP contribution in [-0.2, 0) is 4.79 Å². The summed E-state index contributed by atoms with van der Waals surface area (Å²) in [5.74, 6) is 0.200. The summed E-state index contributed by atoms with van der Waals surface area (Å²) in [6, 6.07) is 8.79. The minimum absolute atomic E-state index is 0.200. The van der Waals surface area contributed by atoms with Crippen molar-refractivity contribution in [2.45, 2.75) is 25.3 Å². The average molecular weight is 379 g/mol. The van der Waals surface area contributed by atoms with Gasteiger partial charge in [0.2, 0.25) is 5.91 Å². The molecule has 1 aromatic rings. The monoisotopic (exact) mass is 378 g/mol. The van der Waals surface area contributed by atoms with Gasteiger partial charge in [0.25, 0.3) is 0 Å². The fourth-order valence-corrected chi connectivity index (χ4v) is 4.28. The zero-order chi connectivity index (χ0) is 18.5. The first-order valence-corrected chi connectivity index (χ1v) is 10.1. The molecule has 0 aromatic heterocycles. The molecular weight excluding hydrogens is 348 g/mol. The van der Waals surface area contributed by atoms with Crippen LogP contribution in [0.5, 0.6) is 0 Å². The highest BCUT2D eigenvalue weighted by molar-refractivity contribution is 6.33. The number of carbonyl (C=O) groups is 1. The van der Waals surface area contributed by atoms with Gasteiger partial charge in [-0.1, -0.05) is 23.7 Å². The minimum atomic E-state index is 0.200. The summed E-state index contributed by atoms with van der Waals surface area (Å²) in [5.41, 5.74) is 1.16. The molecule has 144 valence electrons. The van der Waals surface area contributed by atoms with E-state index in [0.29, 0.717) is 12.6 Å². The van der Waals surface area contributed by atoms with Crippen LogP contribution in [0.4, 0.5) is 5.69 Å². The van der Waals surface area contributed by atoms with Gasteiger partial charge in [-0.05, 0) is 44.5 Å². The molecule has 0 radical (unpaired) electrons. The average Bonchev–Trinajstić information content (AvgIpc) is 2.88. The minimum Gasteiger partial charge on any atom is -0.370 e. The van der Waals surface area contributed by atoms with E-state index in [4.69, 9.17) is 11.6 Å². The molecule has 0 atom stereocenters. The Kier molecular flexibility index (Phi) is 6.79. The molecule has 1 aromatic carbocycles. The predicted octanol–water partition coefficient (Wildman–Crippen LogP) is 2.40. The second-order valence-electron chi connectivity index (χ2n) is 7.62. The Morgan fingerprint density at radius 3 is 2.50 bits per heavy atom. The Labute approximate surface area is 162 Å². The van der Waals surface area contributed by atoms with Crippen molar-refractivity contribution < 1.29 is 4.79 Å². The van der Waals surface area contributed by atoms with Crippen LogP contribution in [0.1, 0.15) is 19.3 Å². The third kappa shape index (κ3) is 4.90. The summed E-state index contributed by atoms with van der Waals surface area (Å²) in [4.78, 5) is 21.0. The molecule has 0 aliphatic carbocycles. The largest absolute Gasteiger partial charge is 0.370 e. The zero-order valence-electron chi connectivity index (χ0n) is 16.0. The topological polar surface area (TPSA) is 30.0 Å².